The molecule has 1 aliphatic heterocycles. The Morgan fingerprint density at radius 3 is 2.55 bits per heavy atom. The Bertz CT molecular complexity index is 649. The van der Waals surface area contributed by atoms with Crippen molar-refractivity contribution in [1.29, 1.82) is 0 Å². The molecule has 0 fully saturated rings. The molecule has 0 amide bonds. The summed E-state index contributed by atoms with van der Waals surface area (Å²) in [7, 11) is 0. The van der Waals surface area contributed by atoms with E-state index in [0.29, 0.717) is 6.04 Å². The lowest BCUT2D eigenvalue weighted by atomic mass is 10.1. The van der Waals surface area contributed by atoms with E-state index in [1.807, 2.05) is 11.8 Å². The minimum atomic E-state index is 0.380. The van der Waals surface area contributed by atoms with Gasteiger partial charge in [0.2, 0.25) is 0 Å². The molecule has 104 valence electrons. The Hall–Kier alpha value is -1.61. The number of anilines is 3. The smallest absolute Gasteiger partial charge is 0.0791 e. The van der Waals surface area contributed by atoms with Gasteiger partial charge in [-0.3, -0.25) is 0 Å². The third-order valence-corrected chi connectivity index (χ3v) is 4.87. The predicted molar refractivity (Wildman–Crippen MR) is 88.1 cm³/mol. The van der Waals surface area contributed by atoms with Gasteiger partial charge in [0.25, 0.3) is 0 Å². The number of hydrogen-bond acceptors (Lipinski definition) is 3. The van der Waals surface area contributed by atoms with Crippen LogP contribution < -0.4 is 10.6 Å². The molecule has 0 spiro atoms. The summed E-state index contributed by atoms with van der Waals surface area (Å²) in [5.74, 6) is 0. The molecule has 2 aromatic rings. The summed E-state index contributed by atoms with van der Waals surface area (Å²) in [4.78, 5) is 4.93. The lowest BCUT2D eigenvalue weighted by molar-refractivity contribution is 0.773. The van der Waals surface area contributed by atoms with Crippen molar-refractivity contribution in [3.05, 3.63) is 42.0 Å². The summed E-state index contributed by atoms with van der Waals surface area (Å²) < 4.78 is 0. The largest absolute Gasteiger partial charge is 0.397 e. The number of rotatable bonds is 2. The molecule has 0 bridgehead atoms. The topological polar surface area (TPSA) is 29.3 Å². The number of para-hydroxylation sites is 1. The van der Waals surface area contributed by atoms with Crippen molar-refractivity contribution >= 4 is 28.8 Å². The number of benzene rings is 2. The van der Waals surface area contributed by atoms with Gasteiger partial charge >= 0.3 is 0 Å². The molecule has 3 heteroatoms. The number of nitrogen functional groups attached to an aromatic ring is 1. The van der Waals surface area contributed by atoms with E-state index in [9.17, 15) is 0 Å². The summed E-state index contributed by atoms with van der Waals surface area (Å²) in [6.45, 7) is 6.59. The lowest BCUT2D eigenvalue weighted by Crippen LogP contribution is -2.29. The van der Waals surface area contributed by atoms with Gasteiger partial charge in [0.15, 0.2) is 0 Å². The first kappa shape index (κ1) is 13.4. The van der Waals surface area contributed by atoms with E-state index in [1.54, 1.807) is 0 Å². The molecule has 3 rings (SSSR count). The molecule has 0 saturated heterocycles. The van der Waals surface area contributed by atoms with E-state index in [0.717, 1.165) is 12.1 Å². The minimum absolute atomic E-state index is 0.380. The number of aryl methyl sites for hydroxylation is 1. The van der Waals surface area contributed by atoms with E-state index >= 15 is 0 Å². The van der Waals surface area contributed by atoms with Crippen molar-refractivity contribution in [2.75, 3.05) is 10.6 Å². The average molecular weight is 284 g/mol. The van der Waals surface area contributed by atoms with Crippen LogP contribution in [0.15, 0.2) is 46.2 Å². The highest BCUT2D eigenvalue weighted by Gasteiger charge is 2.27. The Labute approximate surface area is 125 Å². The van der Waals surface area contributed by atoms with Gasteiger partial charge in [-0.2, -0.15) is 0 Å². The van der Waals surface area contributed by atoms with Crippen LogP contribution in [0.1, 0.15) is 26.3 Å². The van der Waals surface area contributed by atoms with E-state index in [2.05, 4.69) is 62.1 Å². The number of nitrogens with two attached hydrogens (primary N) is 1. The van der Waals surface area contributed by atoms with Crippen LogP contribution in [0.25, 0.3) is 0 Å². The molecule has 0 saturated carbocycles. The number of nitrogens with zero attached hydrogens (tertiary/aromatic N) is 1. The molecule has 0 aliphatic carbocycles. The quantitative estimate of drug-likeness (QED) is 0.800. The molecule has 20 heavy (non-hydrogen) atoms. The van der Waals surface area contributed by atoms with Gasteiger partial charge < -0.3 is 10.6 Å². The molecular weight excluding hydrogens is 264 g/mol. The van der Waals surface area contributed by atoms with E-state index in [4.69, 9.17) is 5.73 Å². The Balaban J connectivity index is 2.25. The lowest BCUT2D eigenvalue weighted by Gasteiger charge is -2.37. The second kappa shape index (κ2) is 5.06. The molecule has 0 atom stereocenters. The Kier molecular flexibility index (Phi) is 3.38. The van der Waals surface area contributed by atoms with Crippen molar-refractivity contribution in [2.24, 2.45) is 0 Å². The summed E-state index contributed by atoms with van der Waals surface area (Å²) >= 11 is 1.82. The van der Waals surface area contributed by atoms with Crippen LogP contribution in [-0.2, 0) is 6.42 Å². The van der Waals surface area contributed by atoms with Gasteiger partial charge in [-0.05, 0) is 44.0 Å². The zero-order chi connectivity index (χ0) is 14.3. The highest BCUT2D eigenvalue weighted by atomic mass is 32.2. The van der Waals surface area contributed by atoms with E-state index in [1.165, 1.54) is 26.7 Å². The second-order valence-corrected chi connectivity index (χ2v) is 6.46. The average Bonchev–Trinajstić information content (AvgIpc) is 2.45. The van der Waals surface area contributed by atoms with Crippen molar-refractivity contribution in [2.45, 2.75) is 43.0 Å². The standard InChI is InChI=1S/C17H20N2S/c1-4-12-9-10-15-17(16(12)18)19(11(2)3)13-7-5-6-8-14(13)20-15/h5-11H,4,18H2,1-3H3. The fraction of sp³-hybridized carbons (Fsp3) is 0.294. The van der Waals surface area contributed by atoms with Gasteiger partial charge in [-0.25, -0.2) is 0 Å². The molecule has 2 N–H and O–H groups in total. The SMILES string of the molecule is CCc1ccc2c(c1N)N(C(C)C)c1ccccc1S2. The van der Waals surface area contributed by atoms with Gasteiger partial charge in [0.05, 0.1) is 17.1 Å². The summed E-state index contributed by atoms with van der Waals surface area (Å²) in [6, 6.07) is 13.3. The van der Waals surface area contributed by atoms with Crippen LogP contribution in [0, 0.1) is 0 Å². The van der Waals surface area contributed by atoms with E-state index < -0.39 is 0 Å². The van der Waals surface area contributed by atoms with Crippen molar-refractivity contribution in [3.8, 4) is 0 Å². The highest BCUT2D eigenvalue weighted by Crippen LogP contribution is 2.51. The first-order valence-electron chi connectivity index (χ1n) is 7.11. The summed E-state index contributed by atoms with van der Waals surface area (Å²) in [6.07, 6.45) is 0.970. The van der Waals surface area contributed by atoms with Crippen molar-refractivity contribution in [3.63, 3.8) is 0 Å². The van der Waals surface area contributed by atoms with Crippen molar-refractivity contribution < 1.29 is 0 Å². The van der Waals surface area contributed by atoms with Crippen LogP contribution in [0.2, 0.25) is 0 Å². The zero-order valence-electron chi connectivity index (χ0n) is 12.2. The third-order valence-electron chi connectivity index (χ3n) is 3.75. The van der Waals surface area contributed by atoms with Crippen LogP contribution in [0.4, 0.5) is 17.1 Å². The molecule has 1 aliphatic rings. The van der Waals surface area contributed by atoms with Gasteiger partial charge in [-0.1, -0.05) is 36.9 Å². The van der Waals surface area contributed by atoms with Crippen LogP contribution in [0.3, 0.4) is 0 Å². The summed E-state index contributed by atoms with van der Waals surface area (Å²) in [5.41, 5.74) is 11.1. The molecule has 1 heterocycles. The number of fused-ring (bicyclic) bond motifs is 2. The molecule has 0 radical (unpaired) electrons. The van der Waals surface area contributed by atoms with Crippen molar-refractivity contribution in [1.82, 2.24) is 0 Å². The Morgan fingerprint density at radius 1 is 1.10 bits per heavy atom. The van der Waals surface area contributed by atoms with Crippen LogP contribution >= 0.6 is 11.8 Å². The fourth-order valence-electron chi connectivity index (χ4n) is 2.79. The number of hydrogen-bond donors (Lipinski definition) is 1. The maximum atomic E-state index is 6.44. The zero-order valence-corrected chi connectivity index (χ0v) is 13.0. The van der Waals surface area contributed by atoms with E-state index in [-0.39, 0.29) is 0 Å². The molecule has 2 nitrogen and oxygen atoms in total. The first-order chi connectivity index (χ1) is 9.63. The predicted octanol–water partition coefficient (Wildman–Crippen LogP) is 4.84. The van der Waals surface area contributed by atoms with Gasteiger partial charge in [0, 0.05) is 15.8 Å². The first-order valence-corrected chi connectivity index (χ1v) is 7.92. The maximum Gasteiger partial charge on any atom is 0.0791 e. The molecule has 0 aromatic heterocycles. The molecule has 0 unspecified atom stereocenters. The summed E-state index contributed by atoms with van der Waals surface area (Å²) in [5, 5.41) is 0. The fourth-order valence-corrected chi connectivity index (χ4v) is 3.88. The van der Waals surface area contributed by atoms with Crippen LogP contribution in [-0.4, -0.2) is 6.04 Å². The molecule has 2 aromatic carbocycles. The highest BCUT2D eigenvalue weighted by molar-refractivity contribution is 7.99. The van der Waals surface area contributed by atoms with Gasteiger partial charge in [-0.15, -0.1) is 0 Å². The third kappa shape index (κ3) is 1.97. The monoisotopic (exact) mass is 284 g/mol. The van der Waals surface area contributed by atoms with Crippen LogP contribution in [0.5, 0.6) is 0 Å². The normalized spacial score (nSPS) is 13.3. The maximum absolute atomic E-state index is 6.44. The minimum Gasteiger partial charge on any atom is -0.397 e. The second-order valence-electron chi connectivity index (χ2n) is 5.37. The molecular formula is C17H20N2S. The van der Waals surface area contributed by atoms with Gasteiger partial charge in [0.1, 0.15) is 0 Å². The Morgan fingerprint density at radius 2 is 1.85 bits per heavy atom.